The highest BCUT2D eigenvalue weighted by molar-refractivity contribution is 5.91. The monoisotopic (exact) mass is 265 g/mol. The molecule has 106 valence electrons. The lowest BCUT2D eigenvalue weighted by molar-refractivity contribution is 0.0692. The Kier molecular flexibility index (Phi) is 4.30. The zero-order chi connectivity index (χ0) is 14.0. The predicted molar refractivity (Wildman–Crippen MR) is 73.5 cm³/mol. The Morgan fingerprint density at radius 1 is 1.37 bits per heavy atom. The highest BCUT2D eigenvalue weighted by atomic mass is 16.4. The van der Waals surface area contributed by atoms with E-state index in [0.717, 1.165) is 24.4 Å². The molecule has 0 unspecified atom stereocenters. The number of hydrogen-bond acceptors (Lipinski definition) is 3. The van der Waals surface area contributed by atoms with Crippen LogP contribution in [0.5, 0.6) is 0 Å². The van der Waals surface area contributed by atoms with Crippen molar-refractivity contribution >= 4 is 5.97 Å². The van der Waals surface area contributed by atoms with Gasteiger partial charge in [0, 0.05) is 18.5 Å². The van der Waals surface area contributed by atoms with Gasteiger partial charge in [0.2, 0.25) is 0 Å². The van der Waals surface area contributed by atoms with Crippen LogP contribution in [0.1, 0.15) is 54.1 Å². The number of nitrogens with zero attached hydrogens (tertiary/aromatic N) is 1. The van der Waals surface area contributed by atoms with Crippen molar-refractivity contribution in [2.24, 2.45) is 5.92 Å². The van der Waals surface area contributed by atoms with E-state index in [0.29, 0.717) is 30.2 Å². The highest BCUT2D eigenvalue weighted by Gasteiger charge is 2.25. The number of carboxylic acids is 1. The van der Waals surface area contributed by atoms with Crippen LogP contribution in [0.2, 0.25) is 0 Å². The lowest BCUT2D eigenvalue weighted by Gasteiger charge is -2.14. The van der Waals surface area contributed by atoms with Crippen molar-refractivity contribution in [2.45, 2.75) is 46.6 Å². The molecule has 1 aliphatic rings. The molecule has 0 atom stereocenters. The molecule has 0 saturated carbocycles. The number of aryl methyl sites for hydroxylation is 1. The number of furan rings is 1. The van der Waals surface area contributed by atoms with Crippen molar-refractivity contribution in [3.8, 4) is 0 Å². The third kappa shape index (κ3) is 3.18. The summed E-state index contributed by atoms with van der Waals surface area (Å²) < 4.78 is 5.72. The zero-order valence-electron chi connectivity index (χ0n) is 12.0. The van der Waals surface area contributed by atoms with E-state index in [2.05, 4.69) is 18.7 Å². The molecule has 1 aromatic rings. The smallest absolute Gasteiger partial charge is 0.339 e. The molecule has 0 radical (unpaired) electrons. The van der Waals surface area contributed by atoms with Gasteiger partial charge in [-0.25, -0.2) is 4.79 Å². The minimum Gasteiger partial charge on any atom is -0.478 e. The first-order chi connectivity index (χ1) is 8.99. The van der Waals surface area contributed by atoms with Gasteiger partial charge in [-0.3, -0.25) is 4.90 Å². The van der Waals surface area contributed by atoms with Crippen molar-refractivity contribution in [3.63, 3.8) is 0 Å². The Morgan fingerprint density at radius 3 is 2.53 bits per heavy atom. The van der Waals surface area contributed by atoms with Gasteiger partial charge in [0.1, 0.15) is 17.1 Å². The summed E-state index contributed by atoms with van der Waals surface area (Å²) in [6, 6.07) is 0. The van der Waals surface area contributed by atoms with Crippen molar-refractivity contribution < 1.29 is 14.3 Å². The lowest BCUT2D eigenvalue weighted by atomic mass is 10.0. The van der Waals surface area contributed by atoms with Crippen LogP contribution in [0.4, 0.5) is 0 Å². The first-order valence-electron chi connectivity index (χ1n) is 7.05. The first kappa shape index (κ1) is 14.1. The molecular formula is C15H23NO3. The molecule has 1 aromatic heterocycles. The molecular weight excluding hydrogens is 242 g/mol. The van der Waals surface area contributed by atoms with Crippen LogP contribution in [-0.4, -0.2) is 29.1 Å². The zero-order valence-corrected chi connectivity index (χ0v) is 12.0. The van der Waals surface area contributed by atoms with Crippen molar-refractivity contribution in [1.82, 2.24) is 4.90 Å². The Hall–Kier alpha value is -1.29. The van der Waals surface area contributed by atoms with Crippen LogP contribution in [0, 0.1) is 12.8 Å². The van der Waals surface area contributed by atoms with Crippen LogP contribution in [0.15, 0.2) is 4.42 Å². The number of carboxylic acid groups (broad SMARTS) is 1. The number of hydrogen-bond donors (Lipinski definition) is 1. The normalized spacial score (nSPS) is 16.4. The van der Waals surface area contributed by atoms with E-state index in [4.69, 9.17) is 4.42 Å². The molecule has 2 rings (SSSR count). The molecule has 1 N–H and O–H groups in total. The molecule has 19 heavy (non-hydrogen) atoms. The molecule has 0 bridgehead atoms. The topological polar surface area (TPSA) is 53.7 Å². The summed E-state index contributed by atoms with van der Waals surface area (Å²) in [6.07, 6.45) is 3.10. The standard InChI is InChI=1S/C15H23NO3/c1-10(2)8-13-14(15(17)18)12(11(3)19-13)9-16-6-4-5-7-16/h10H,4-9H2,1-3H3,(H,17,18). The summed E-state index contributed by atoms with van der Waals surface area (Å²) in [5.41, 5.74) is 1.27. The van der Waals surface area contributed by atoms with Gasteiger partial charge in [0.15, 0.2) is 0 Å². The van der Waals surface area contributed by atoms with Gasteiger partial charge in [-0.2, -0.15) is 0 Å². The van der Waals surface area contributed by atoms with Crippen molar-refractivity contribution in [3.05, 3.63) is 22.6 Å². The van der Waals surface area contributed by atoms with E-state index in [1.165, 1.54) is 12.8 Å². The number of rotatable bonds is 5. The molecule has 4 heteroatoms. The third-order valence-corrected chi connectivity index (χ3v) is 3.67. The molecule has 0 aromatic carbocycles. The van der Waals surface area contributed by atoms with Crippen LogP contribution in [0.25, 0.3) is 0 Å². The molecule has 4 nitrogen and oxygen atoms in total. The Morgan fingerprint density at radius 2 is 2.00 bits per heavy atom. The van der Waals surface area contributed by atoms with Crippen LogP contribution in [0.3, 0.4) is 0 Å². The van der Waals surface area contributed by atoms with Gasteiger partial charge in [-0.15, -0.1) is 0 Å². The van der Waals surface area contributed by atoms with Crippen LogP contribution >= 0.6 is 0 Å². The molecule has 0 spiro atoms. The van der Waals surface area contributed by atoms with Gasteiger partial charge in [-0.1, -0.05) is 13.8 Å². The van der Waals surface area contributed by atoms with E-state index < -0.39 is 5.97 Å². The Balaban J connectivity index is 2.29. The molecule has 0 amide bonds. The Labute approximate surface area is 114 Å². The molecule has 1 aliphatic heterocycles. The minimum atomic E-state index is -0.860. The van der Waals surface area contributed by atoms with Gasteiger partial charge < -0.3 is 9.52 Å². The summed E-state index contributed by atoms with van der Waals surface area (Å²) in [6.45, 7) is 8.84. The largest absolute Gasteiger partial charge is 0.478 e. The molecule has 1 fully saturated rings. The maximum atomic E-state index is 11.5. The summed E-state index contributed by atoms with van der Waals surface area (Å²) in [7, 11) is 0. The number of likely N-dealkylation sites (tertiary alicyclic amines) is 1. The lowest BCUT2D eigenvalue weighted by Crippen LogP contribution is -2.20. The summed E-state index contributed by atoms with van der Waals surface area (Å²) >= 11 is 0. The fraction of sp³-hybridized carbons (Fsp3) is 0.667. The van der Waals surface area contributed by atoms with E-state index >= 15 is 0 Å². The maximum Gasteiger partial charge on any atom is 0.339 e. The summed E-state index contributed by atoms with van der Waals surface area (Å²) in [5, 5.41) is 9.47. The SMILES string of the molecule is Cc1oc(CC(C)C)c(C(=O)O)c1CN1CCCC1. The maximum absolute atomic E-state index is 11.5. The fourth-order valence-electron chi connectivity index (χ4n) is 2.76. The van der Waals surface area contributed by atoms with Gasteiger partial charge in [0.25, 0.3) is 0 Å². The quantitative estimate of drug-likeness (QED) is 0.889. The van der Waals surface area contributed by atoms with Gasteiger partial charge in [0.05, 0.1) is 0 Å². The van der Waals surface area contributed by atoms with Crippen LogP contribution in [-0.2, 0) is 13.0 Å². The summed E-state index contributed by atoms with van der Waals surface area (Å²) in [4.78, 5) is 13.8. The second-order valence-electron chi connectivity index (χ2n) is 5.82. The third-order valence-electron chi connectivity index (χ3n) is 3.67. The fourth-order valence-corrected chi connectivity index (χ4v) is 2.76. The molecule has 0 aliphatic carbocycles. The average molecular weight is 265 g/mol. The van der Waals surface area contributed by atoms with Gasteiger partial charge in [-0.05, 0) is 38.8 Å². The number of carbonyl (C=O) groups is 1. The van der Waals surface area contributed by atoms with E-state index in [1.54, 1.807) is 0 Å². The summed E-state index contributed by atoms with van der Waals surface area (Å²) in [5.74, 6) is 0.930. The van der Waals surface area contributed by atoms with E-state index in [9.17, 15) is 9.90 Å². The van der Waals surface area contributed by atoms with Crippen LogP contribution < -0.4 is 0 Å². The highest BCUT2D eigenvalue weighted by Crippen LogP contribution is 2.27. The predicted octanol–water partition coefficient (Wildman–Crippen LogP) is 3.08. The van der Waals surface area contributed by atoms with Crippen molar-refractivity contribution in [1.29, 1.82) is 0 Å². The first-order valence-corrected chi connectivity index (χ1v) is 7.05. The second-order valence-corrected chi connectivity index (χ2v) is 5.82. The van der Waals surface area contributed by atoms with E-state index in [-0.39, 0.29) is 0 Å². The number of aromatic carboxylic acids is 1. The molecule has 2 heterocycles. The van der Waals surface area contributed by atoms with Gasteiger partial charge >= 0.3 is 5.97 Å². The van der Waals surface area contributed by atoms with Crippen molar-refractivity contribution in [2.75, 3.05) is 13.1 Å². The van der Waals surface area contributed by atoms with E-state index in [1.807, 2.05) is 6.92 Å². The molecule has 1 saturated heterocycles. The average Bonchev–Trinajstić information content (AvgIpc) is 2.88. The Bertz CT molecular complexity index is 456. The second kappa shape index (κ2) is 5.78. The minimum absolute atomic E-state index is 0.392.